The first-order chi connectivity index (χ1) is 13.6. The highest BCUT2D eigenvalue weighted by Gasteiger charge is 2.37. The number of halogens is 4. The topological polar surface area (TPSA) is 68.2 Å². The summed E-state index contributed by atoms with van der Waals surface area (Å²) in [5.41, 5.74) is -0.721. The van der Waals surface area contributed by atoms with Crippen molar-refractivity contribution in [2.45, 2.75) is 65.4 Å². The number of carbonyl (C=O) groups is 1. The summed E-state index contributed by atoms with van der Waals surface area (Å²) in [5.74, 6) is -2.00. The molecule has 0 bridgehead atoms. The summed E-state index contributed by atoms with van der Waals surface area (Å²) in [5, 5.41) is 0. The molecule has 0 N–H and O–H groups in total. The third-order valence-corrected chi connectivity index (χ3v) is 4.01. The number of aromatic nitrogens is 3. The van der Waals surface area contributed by atoms with Crippen molar-refractivity contribution in [2.75, 3.05) is 0 Å². The van der Waals surface area contributed by atoms with E-state index in [1.165, 1.54) is 6.07 Å². The van der Waals surface area contributed by atoms with Gasteiger partial charge in [0.05, 0.1) is 11.9 Å². The van der Waals surface area contributed by atoms with Gasteiger partial charge in [-0.2, -0.15) is 13.2 Å². The Morgan fingerprint density at radius 1 is 0.967 bits per heavy atom. The smallest absolute Gasteiger partial charge is 0.444 e. The van der Waals surface area contributed by atoms with Crippen LogP contribution in [-0.2, 0) is 17.5 Å². The van der Waals surface area contributed by atoms with Crippen molar-refractivity contribution < 1.29 is 27.1 Å². The molecule has 0 unspecified atom stereocenters. The SMILES string of the molecule is CC(C)(C)N(C(=O)OCc1cc(-c2cnc(C(F)(F)F)nc2)ncc1F)C(C)(C)C. The van der Waals surface area contributed by atoms with Gasteiger partial charge in [0, 0.05) is 34.6 Å². The second-order valence-electron chi connectivity index (χ2n) is 8.69. The lowest BCUT2D eigenvalue weighted by atomic mass is 9.97. The van der Waals surface area contributed by atoms with Crippen molar-refractivity contribution >= 4 is 6.09 Å². The molecule has 0 fully saturated rings. The van der Waals surface area contributed by atoms with Crippen LogP contribution >= 0.6 is 0 Å². The molecule has 0 saturated carbocycles. The van der Waals surface area contributed by atoms with E-state index in [4.69, 9.17) is 4.74 Å². The molecule has 2 aromatic heterocycles. The number of pyridine rings is 1. The molecule has 0 aromatic carbocycles. The number of alkyl halides is 3. The van der Waals surface area contributed by atoms with E-state index in [1.807, 2.05) is 41.5 Å². The van der Waals surface area contributed by atoms with E-state index in [0.717, 1.165) is 18.6 Å². The van der Waals surface area contributed by atoms with Gasteiger partial charge < -0.3 is 4.74 Å². The maximum Gasteiger partial charge on any atom is 0.451 e. The van der Waals surface area contributed by atoms with Crippen molar-refractivity contribution in [3.63, 3.8) is 0 Å². The second-order valence-corrected chi connectivity index (χ2v) is 8.69. The van der Waals surface area contributed by atoms with Crippen LogP contribution in [0.2, 0.25) is 0 Å². The molecule has 0 aliphatic carbocycles. The molecule has 2 heterocycles. The van der Waals surface area contributed by atoms with E-state index < -0.39 is 35.0 Å². The van der Waals surface area contributed by atoms with Crippen LogP contribution in [0.25, 0.3) is 11.3 Å². The Kier molecular flexibility index (Phi) is 6.39. The van der Waals surface area contributed by atoms with Crippen LogP contribution in [0, 0.1) is 5.82 Å². The first-order valence-corrected chi connectivity index (χ1v) is 9.12. The normalized spacial score (nSPS) is 12.6. The van der Waals surface area contributed by atoms with Crippen LogP contribution in [0.15, 0.2) is 24.7 Å². The van der Waals surface area contributed by atoms with Crippen LogP contribution < -0.4 is 0 Å². The molecule has 1 amide bonds. The summed E-state index contributed by atoms with van der Waals surface area (Å²) in [4.78, 5) is 24.6. The average Bonchev–Trinajstić information content (AvgIpc) is 2.58. The first-order valence-electron chi connectivity index (χ1n) is 9.12. The van der Waals surface area contributed by atoms with Gasteiger partial charge in [-0.25, -0.2) is 19.2 Å². The lowest BCUT2D eigenvalue weighted by Gasteiger charge is -2.44. The third kappa shape index (κ3) is 5.64. The van der Waals surface area contributed by atoms with Crippen LogP contribution in [0.1, 0.15) is 52.9 Å². The standard InChI is InChI=1S/C20H24F4N4O2/c1-18(2,3)28(19(4,5)6)17(29)30-11-12-7-15(25-10-14(12)21)13-8-26-16(27-9-13)20(22,23)24/h7-10H,11H2,1-6H3. The first kappa shape index (κ1) is 23.5. The van der Waals surface area contributed by atoms with Crippen LogP contribution in [0.3, 0.4) is 0 Å². The third-order valence-electron chi connectivity index (χ3n) is 4.01. The van der Waals surface area contributed by atoms with Gasteiger partial charge >= 0.3 is 12.3 Å². The fourth-order valence-corrected chi connectivity index (χ4v) is 3.11. The predicted molar refractivity (Wildman–Crippen MR) is 102 cm³/mol. The average molecular weight is 428 g/mol. The summed E-state index contributed by atoms with van der Waals surface area (Å²) in [6.07, 6.45) is -2.48. The fourth-order valence-electron chi connectivity index (χ4n) is 3.11. The van der Waals surface area contributed by atoms with Gasteiger partial charge in [0.2, 0.25) is 5.82 Å². The molecule has 164 valence electrons. The second kappa shape index (κ2) is 8.16. The minimum atomic E-state index is -4.67. The lowest BCUT2D eigenvalue weighted by Crippen LogP contribution is -2.55. The Morgan fingerprint density at radius 2 is 1.50 bits per heavy atom. The van der Waals surface area contributed by atoms with E-state index >= 15 is 0 Å². The van der Waals surface area contributed by atoms with Gasteiger partial charge in [0.25, 0.3) is 0 Å². The number of hydrogen-bond acceptors (Lipinski definition) is 5. The number of amides is 1. The Hall–Kier alpha value is -2.78. The van der Waals surface area contributed by atoms with Crippen molar-refractivity contribution in [1.29, 1.82) is 0 Å². The van der Waals surface area contributed by atoms with Gasteiger partial charge in [-0.1, -0.05) is 0 Å². The summed E-state index contributed by atoms with van der Waals surface area (Å²) >= 11 is 0. The van der Waals surface area contributed by atoms with Crippen LogP contribution in [0.5, 0.6) is 0 Å². The lowest BCUT2D eigenvalue weighted by molar-refractivity contribution is -0.145. The van der Waals surface area contributed by atoms with E-state index in [0.29, 0.717) is 0 Å². The Morgan fingerprint density at radius 3 is 1.97 bits per heavy atom. The molecular formula is C20H24F4N4O2. The summed E-state index contributed by atoms with van der Waals surface area (Å²) in [6.45, 7) is 10.8. The van der Waals surface area contributed by atoms with Crippen molar-refractivity contribution in [3.8, 4) is 11.3 Å². The number of hydrogen-bond donors (Lipinski definition) is 0. The quantitative estimate of drug-likeness (QED) is 0.626. The molecule has 0 radical (unpaired) electrons. The van der Waals surface area contributed by atoms with E-state index in [9.17, 15) is 22.4 Å². The number of nitrogens with zero attached hydrogens (tertiary/aromatic N) is 4. The largest absolute Gasteiger partial charge is 0.451 e. The maximum absolute atomic E-state index is 14.2. The monoisotopic (exact) mass is 428 g/mol. The van der Waals surface area contributed by atoms with Crippen molar-refractivity contribution in [2.24, 2.45) is 0 Å². The van der Waals surface area contributed by atoms with Gasteiger partial charge in [0.15, 0.2) is 0 Å². The zero-order valence-electron chi connectivity index (χ0n) is 17.6. The van der Waals surface area contributed by atoms with Crippen molar-refractivity contribution in [3.05, 3.63) is 41.9 Å². The summed E-state index contributed by atoms with van der Waals surface area (Å²) in [6, 6.07) is 1.28. The van der Waals surface area contributed by atoms with E-state index in [-0.39, 0.29) is 23.4 Å². The highest BCUT2D eigenvalue weighted by molar-refractivity contribution is 5.69. The zero-order valence-corrected chi connectivity index (χ0v) is 17.6. The minimum absolute atomic E-state index is 0.0241. The minimum Gasteiger partial charge on any atom is -0.444 e. The molecule has 10 heteroatoms. The zero-order chi connectivity index (χ0) is 22.9. The Balaban J connectivity index is 2.23. The number of rotatable bonds is 3. The molecule has 0 aliphatic rings. The molecule has 0 saturated heterocycles. The van der Waals surface area contributed by atoms with E-state index in [1.54, 1.807) is 4.90 Å². The predicted octanol–water partition coefficient (Wildman–Crippen LogP) is 5.23. The number of ether oxygens (including phenoxy) is 1. The van der Waals surface area contributed by atoms with Crippen LogP contribution in [-0.4, -0.2) is 37.0 Å². The molecule has 0 spiro atoms. The number of carbonyl (C=O) groups excluding carboxylic acids is 1. The molecular weight excluding hydrogens is 404 g/mol. The Bertz CT molecular complexity index is 887. The Labute approximate surface area is 172 Å². The van der Waals surface area contributed by atoms with Gasteiger partial charge in [0.1, 0.15) is 12.4 Å². The van der Waals surface area contributed by atoms with Gasteiger partial charge in [-0.05, 0) is 47.6 Å². The molecule has 0 aliphatic heterocycles. The molecule has 2 rings (SSSR count). The molecule has 30 heavy (non-hydrogen) atoms. The summed E-state index contributed by atoms with van der Waals surface area (Å²) < 4.78 is 57.3. The summed E-state index contributed by atoms with van der Waals surface area (Å²) in [7, 11) is 0. The van der Waals surface area contributed by atoms with Crippen LogP contribution in [0.4, 0.5) is 22.4 Å². The highest BCUT2D eigenvalue weighted by atomic mass is 19.4. The van der Waals surface area contributed by atoms with E-state index in [2.05, 4.69) is 15.0 Å². The molecule has 0 atom stereocenters. The molecule has 6 nitrogen and oxygen atoms in total. The highest BCUT2D eigenvalue weighted by Crippen LogP contribution is 2.28. The fraction of sp³-hybridized carbons (Fsp3) is 0.500. The molecule has 2 aromatic rings. The van der Waals surface area contributed by atoms with Gasteiger partial charge in [-0.3, -0.25) is 9.88 Å². The maximum atomic E-state index is 14.2. The van der Waals surface area contributed by atoms with Crippen molar-refractivity contribution in [1.82, 2.24) is 19.9 Å². The van der Waals surface area contributed by atoms with Gasteiger partial charge in [-0.15, -0.1) is 0 Å².